The molecule has 35 heavy (non-hydrogen) atoms. The first kappa shape index (κ1) is 26.6. The number of pyridine rings is 1. The second-order valence-electron chi connectivity index (χ2n) is 9.77. The van der Waals surface area contributed by atoms with E-state index in [4.69, 9.17) is 0 Å². The zero-order valence-corrected chi connectivity index (χ0v) is 21.2. The SMILES string of the molecule is CC(C)[C@H](C)C(F)(F)F.CNc1ccc(-c2c(C#N)c3cc(C)ccc3n2C2CCCCC2)nc1. The number of anilines is 1. The van der Waals surface area contributed by atoms with Gasteiger partial charge in [-0.25, -0.2) is 0 Å². The largest absolute Gasteiger partial charge is 0.391 e. The summed E-state index contributed by atoms with van der Waals surface area (Å²) in [6, 6.07) is 13.4. The van der Waals surface area contributed by atoms with Crippen molar-refractivity contribution in [3.8, 4) is 17.5 Å². The molecule has 1 N–H and O–H groups in total. The molecular weight excluding hydrogens is 449 g/mol. The van der Waals surface area contributed by atoms with Crippen LogP contribution in [0, 0.1) is 30.1 Å². The third-order valence-electron chi connectivity index (χ3n) is 7.02. The van der Waals surface area contributed by atoms with E-state index >= 15 is 0 Å². The predicted molar refractivity (Wildman–Crippen MR) is 136 cm³/mol. The standard InChI is InChI=1S/C22H24N4.C6H11F3/c1-15-8-11-21-18(12-15)19(13-23)22(20-10-9-16(24-2)14-25-20)26(21)17-6-4-3-5-7-17;1-4(2)5(3)6(7,8)9/h8-12,14,17,24H,3-7H2,1-2H3;4-5H,1-3H3/t;5-/m.0/s1. The van der Waals surface area contributed by atoms with Gasteiger partial charge in [-0.2, -0.15) is 18.4 Å². The molecule has 0 unspecified atom stereocenters. The summed E-state index contributed by atoms with van der Waals surface area (Å²) >= 11 is 0. The monoisotopic (exact) mass is 484 g/mol. The van der Waals surface area contributed by atoms with E-state index in [1.807, 2.05) is 25.4 Å². The van der Waals surface area contributed by atoms with E-state index in [2.05, 4.69) is 46.1 Å². The summed E-state index contributed by atoms with van der Waals surface area (Å²) in [6.45, 7) is 6.42. The van der Waals surface area contributed by atoms with Crippen molar-refractivity contribution in [2.75, 3.05) is 12.4 Å². The van der Waals surface area contributed by atoms with E-state index in [0.717, 1.165) is 33.5 Å². The van der Waals surface area contributed by atoms with Crippen molar-refractivity contribution < 1.29 is 13.2 Å². The molecule has 0 radical (unpaired) electrons. The minimum Gasteiger partial charge on any atom is -0.387 e. The summed E-state index contributed by atoms with van der Waals surface area (Å²) in [5, 5.41) is 14.1. The number of nitriles is 1. The van der Waals surface area contributed by atoms with Crippen LogP contribution in [0.1, 0.15) is 70.0 Å². The van der Waals surface area contributed by atoms with Gasteiger partial charge in [-0.15, -0.1) is 0 Å². The second-order valence-corrected chi connectivity index (χ2v) is 9.77. The first-order valence-corrected chi connectivity index (χ1v) is 12.3. The van der Waals surface area contributed by atoms with Crippen molar-refractivity contribution in [1.29, 1.82) is 5.26 Å². The van der Waals surface area contributed by atoms with Crippen LogP contribution in [0.15, 0.2) is 36.5 Å². The van der Waals surface area contributed by atoms with Gasteiger partial charge in [0.15, 0.2) is 0 Å². The van der Waals surface area contributed by atoms with Crippen LogP contribution in [0.5, 0.6) is 0 Å². The van der Waals surface area contributed by atoms with Crippen LogP contribution >= 0.6 is 0 Å². The third kappa shape index (κ3) is 5.98. The Balaban J connectivity index is 0.000000327. The van der Waals surface area contributed by atoms with E-state index in [9.17, 15) is 18.4 Å². The van der Waals surface area contributed by atoms with Gasteiger partial charge in [-0.3, -0.25) is 4.98 Å². The summed E-state index contributed by atoms with van der Waals surface area (Å²) in [7, 11) is 1.89. The highest BCUT2D eigenvalue weighted by Crippen LogP contribution is 2.40. The number of benzene rings is 1. The minimum absolute atomic E-state index is 0.315. The van der Waals surface area contributed by atoms with Gasteiger partial charge < -0.3 is 9.88 Å². The normalized spacial score (nSPS) is 15.4. The highest BCUT2D eigenvalue weighted by molar-refractivity contribution is 5.94. The van der Waals surface area contributed by atoms with Gasteiger partial charge in [0.1, 0.15) is 6.07 Å². The lowest BCUT2D eigenvalue weighted by atomic mass is 9.95. The first-order valence-electron chi connectivity index (χ1n) is 12.3. The van der Waals surface area contributed by atoms with E-state index in [1.165, 1.54) is 44.6 Å². The molecule has 1 saturated carbocycles. The fraction of sp³-hybridized carbons (Fsp3) is 0.500. The number of rotatable bonds is 4. The number of alkyl halides is 3. The Bertz CT molecular complexity index is 1160. The molecule has 1 aromatic carbocycles. The Morgan fingerprint density at radius 1 is 1.09 bits per heavy atom. The lowest BCUT2D eigenvalue weighted by Crippen LogP contribution is -2.24. The molecule has 3 aromatic rings. The molecular formula is C28H35F3N4. The van der Waals surface area contributed by atoms with Crippen LogP contribution in [-0.2, 0) is 0 Å². The molecule has 1 aliphatic carbocycles. The molecule has 4 nitrogen and oxygen atoms in total. The number of fused-ring (bicyclic) bond motifs is 1. The zero-order chi connectivity index (χ0) is 25.8. The van der Waals surface area contributed by atoms with Crippen molar-refractivity contribution in [1.82, 2.24) is 9.55 Å². The van der Waals surface area contributed by atoms with Crippen molar-refractivity contribution >= 4 is 16.6 Å². The topological polar surface area (TPSA) is 53.6 Å². The van der Waals surface area contributed by atoms with Gasteiger partial charge in [0.2, 0.25) is 0 Å². The number of nitrogens with zero attached hydrogens (tertiary/aromatic N) is 3. The van der Waals surface area contributed by atoms with Crippen LogP contribution < -0.4 is 5.32 Å². The van der Waals surface area contributed by atoms with Crippen LogP contribution in [0.4, 0.5) is 18.9 Å². The number of aromatic nitrogens is 2. The fourth-order valence-corrected chi connectivity index (χ4v) is 4.57. The molecule has 0 bridgehead atoms. The predicted octanol–water partition coefficient (Wildman–Crippen LogP) is 8.27. The van der Waals surface area contributed by atoms with Gasteiger partial charge in [0, 0.05) is 18.5 Å². The van der Waals surface area contributed by atoms with Crippen molar-refractivity contribution in [3.05, 3.63) is 47.7 Å². The number of hydrogen-bond acceptors (Lipinski definition) is 3. The van der Waals surface area contributed by atoms with Gasteiger partial charge in [-0.05, 0) is 49.9 Å². The van der Waals surface area contributed by atoms with Crippen molar-refractivity contribution in [2.45, 2.75) is 72.0 Å². The molecule has 1 fully saturated rings. The number of nitrogens with one attached hydrogen (secondary N) is 1. The molecule has 0 spiro atoms. The summed E-state index contributed by atoms with van der Waals surface area (Å²) in [5.41, 5.74) is 5.92. The van der Waals surface area contributed by atoms with E-state index < -0.39 is 12.1 Å². The zero-order valence-electron chi connectivity index (χ0n) is 21.2. The maximum Gasteiger partial charge on any atom is 0.391 e. The fourth-order valence-electron chi connectivity index (χ4n) is 4.57. The number of hydrogen-bond donors (Lipinski definition) is 1. The lowest BCUT2D eigenvalue weighted by molar-refractivity contribution is -0.180. The molecule has 1 atom stereocenters. The first-order chi connectivity index (χ1) is 16.6. The van der Waals surface area contributed by atoms with Gasteiger partial charge >= 0.3 is 6.18 Å². The number of halogens is 3. The van der Waals surface area contributed by atoms with Gasteiger partial charge in [0.25, 0.3) is 0 Å². The molecule has 4 rings (SSSR count). The Morgan fingerprint density at radius 2 is 1.77 bits per heavy atom. The molecule has 2 heterocycles. The minimum atomic E-state index is -4.02. The average Bonchev–Trinajstić information content (AvgIpc) is 3.17. The highest BCUT2D eigenvalue weighted by Gasteiger charge is 2.37. The van der Waals surface area contributed by atoms with Gasteiger partial charge in [-0.1, -0.05) is 51.7 Å². The Morgan fingerprint density at radius 3 is 2.26 bits per heavy atom. The average molecular weight is 485 g/mol. The van der Waals surface area contributed by atoms with Crippen molar-refractivity contribution in [3.63, 3.8) is 0 Å². The highest BCUT2D eigenvalue weighted by atomic mass is 19.4. The van der Waals surface area contributed by atoms with Crippen LogP contribution in [0.25, 0.3) is 22.3 Å². The maximum atomic E-state index is 11.7. The lowest BCUT2D eigenvalue weighted by Gasteiger charge is -2.26. The van der Waals surface area contributed by atoms with E-state index in [1.54, 1.807) is 13.8 Å². The quantitative estimate of drug-likeness (QED) is 0.405. The molecule has 188 valence electrons. The molecule has 7 heteroatoms. The molecule has 1 aliphatic rings. The van der Waals surface area contributed by atoms with Crippen LogP contribution in [0.2, 0.25) is 0 Å². The second kappa shape index (κ2) is 11.2. The molecule has 0 saturated heterocycles. The summed E-state index contributed by atoms with van der Waals surface area (Å²) < 4.78 is 37.5. The Labute approximate surface area is 206 Å². The molecule has 2 aromatic heterocycles. The van der Waals surface area contributed by atoms with E-state index in [-0.39, 0.29) is 5.92 Å². The van der Waals surface area contributed by atoms with Crippen LogP contribution in [-0.4, -0.2) is 22.8 Å². The smallest absolute Gasteiger partial charge is 0.387 e. The molecule has 0 aliphatic heterocycles. The Kier molecular flexibility index (Phi) is 8.47. The summed E-state index contributed by atoms with van der Waals surface area (Å²) in [4.78, 5) is 4.67. The molecule has 0 amide bonds. The summed E-state index contributed by atoms with van der Waals surface area (Å²) in [6.07, 6.45) is 3.98. The van der Waals surface area contributed by atoms with Crippen LogP contribution in [0.3, 0.4) is 0 Å². The number of aryl methyl sites for hydroxylation is 1. The Hall–Kier alpha value is -3.01. The third-order valence-corrected chi connectivity index (χ3v) is 7.02. The van der Waals surface area contributed by atoms with E-state index in [0.29, 0.717) is 6.04 Å². The van der Waals surface area contributed by atoms with Crippen molar-refractivity contribution in [2.24, 2.45) is 11.8 Å². The summed E-state index contributed by atoms with van der Waals surface area (Å²) in [5.74, 6) is -1.50. The van der Waals surface area contributed by atoms with Gasteiger partial charge in [0.05, 0.1) is 40.3 Å². The maximum absolute atomic E-state index is 11.7.